The zero-order valence-electron chi connectivity index (χ0n) is 15.9. The van der Waals surface area contributed by atoms with Gasteiger partial charge in [0.25, 0.3) is 0 Å². The molecule has 28 heavy (non-hydrogen) atoms. The molecule has 0 amide bonds. The number of ether oxygens (including phenoxy) is 2. The second-order valence-corrected chi connectivity index (χ2v) is 7.12. The molecule has 1 fully saturated rings. The Morgan fingerprint density at radius 3 is 2.07 bits per heavy atom. The van der Waals surface area contributed by atoms with Gasteiger partial charge in [-0.05, 0) is 28.8 Å². The zero-order valence-corrected chi connectivity index (χ0v) is 15.9. The summed E-state index contributed by atoms with van der Waals surface area (Å²) in [6.07, 6.45) is -0.0229. The zero-order chi connectivity index (χ0) is 19.1. The number of rotatable bonds is 5. The van der Waals surface area contributed by atoms with Gasteiger partial charge in [0.1, 0.15) is 6.17 Å². The van der Waals surface area contributed by atoms with E-state index in [1.807, 2.05) is 18.2 Å². The van der Waals surface area contributed by atoms with E-state index in [0.29, 0.717) is 12.1 Å². The minimum absolute atomic E-state index is 0.0229. The van der Waals surface area contributed by atoms with Crippen molar-refractivity contribution in [3.8, 4) is 11.5 Å². The predicted molar refractivity (Wildman–Crippen MR) is 110 cm³/mol. The quantitative estimate of drug-likeness (QED) is 0.614. The Hall–Kier alpha value is -3.11. The van der Waals surface area contributed by atoms with Gasteiger partial charge in [-0.25, -0.2) is 0 Å². The van der Waals surface area contributed by atoms with Gasteiger partial charge in [-0.2, -0.15) is 0 Å². The summed E-state index contributed by atoms with van der Waals surface area (Å²) in [5, 5.41) is 0. The van der Waals surface area contributed by atoms with Crippen molar-refractivity contribution in [2.24, 2.45) is 4.99 Å². The minimum Gasteiger partial charge on any atom is -0.493 e. The first-order chi connectivity index (χ1) is 13.8. The van der Waals surface area contributed by atoms with E-state index in [1.165, 1.54) is 11.1 Å². The number of aliphatic imine (C=N–C) groups is 1. The molecule has 1 unspecified atom stereocenters. The lowest BCUT2D eigenvalue weighted by atomic mass is 10.0. The maximum Gasteiger partial charge on any atom is 0.161 e. The summed E-state index contributed by atoms with van der Waals surface area (Å²) in [6.45, 7) is 0. The van der Waals surface area contributed by atoms with Gasteiger partial charge in [0.2, 0.25) is 0 Å². The number of fused-ring (bicyclic) bond motifs is 1. The lowest BCUT2D eigenvalue weighted by Crippen LogP contribution is -2.08. The average molecular weight is 370 g/mol. The maximum absolute atomic E-state index is 5.52. The first kappa shape index (κ1) is 17.0. The molecule has 0 aromatic heterocycles. The van der Waals surface area contributed by atoms with E-state index in [2.05, 4.69) is 65.6 Å². The Kier molecular flexibility index (Phi) is 4.14. The van der Waals surface area contributed by atoms with Crippen molar-refractivity contribution in [3.63, 3.8) is 0 Å². The molecule has 0 spiro atoms. The Morgan fingerprint density at radius 1 is 0.714 bits per heavy atom. The van der Waals surface area contributed by atoms with Crippen LogP contribution >= 0.6 is 0 Å². The van der Waals surface area contributed by atoms with Crippen LogP contribution in [0.25, 0.3) is 0 Å². The van der Waals surface area contributed by atoms with Crippen molar-refractivity contribution in [2.45, 2.75) is 18.2 Å². The fourth-order valence-corrected chi connectivity index (χ4v) is 4.24. The second-order valence-electron chi connectivity index (χ2n) is 7.12. The smallest absolute Gasteiger partial charge is 0.161 e. The van der Waals surface area contributed by atoms with E-state index in [1.54, 1.807) is 14.2 Å². The second kappa shape index (κ2) is 6.80. The minimum atomic E-state index is -0.0229. The number of nitrogens with zero attached hydrogens (tertiary/aromatic N) is 2. The molecule has 5 rings (SSSR count). The summed E-state index contributed by atoms with van der Waals surface area (Å²) in [7, 11) is 3.33. The Balaban J connectivity index is 1.57. The molecule has 4 atom stereocenters. The molecule has 0 radical (unpaired) electrons. The lowest BCUT2D eigenvalue weighted by Gasteiger charge is -2.16. The summed E-state index contributed by atoms with van der Waals surface area (Å²) >= 11 is 0. The van der Waals surface area contributed by atoms with E-state index >= 15 is 0 Å². The van der Waals surface area contributed by atoms with Crippen molar-refractivity contribution in [1.82, 2.24) is 4.90 Å². The highest BCUT2D eigenvalue weighted by molar-refractivity contribution is 6.08. The summed E-state index contributed by atoms with van der Waals surface area (Å²) in [4.78, 5) is 7.58. The monoisotopic (exact) mass is 370 g/mol. The molecule has 3 aromatic carbocycles. The van der Waals surface area contributed by atoms with Crippen LogP contribution < -0.4 is 9.47 Å². The lowest BCUT2D eigenvalue weighted by molar-refractivity contribution is 0.351. The fourth-order valence-electron chi connectivity index (χ4n) is 4.24. The highest BCUT2D eigenvalue weighted by Gasteiger charge is 2.59. The molecule has 3 aromatic rings. The number of hydrogen-bond acceptors (Lipinski definition) is 4. The van der Waals surface area contributed by atoms with Gasteiger partial charge in [0.15, 0.2) is 11.5 Å². The molecule has 2 aliphatic rings. The van der Waals surface area contributed by atoms with E-state index in [9.17, 15) is 0 Å². The van der Waals surface area contributed by atoms with E-state index < -0.39 is 0 Å². The third kappa shape index (κ3) is 2.69. The SMILES string of the molecule is COc1ccc([C@@H]2N=C(c3ccccc3)[C@H]3[C@H](c4ccccc4)N23)cc1OC. The molecular formula is C24H22N2O2. The molecule has 0 saturated carbocycles. The van der Waals surface area contributed by atoms with Gasteiger partial charge in [0, 0.05) is 0 Å². The topological polar surface area (TPSA) is 33.8 Å². The van der Waals surface area contributed by atoms with Gasteiger partial charge >= 0.3 is 0 Å². The Bertz CT molecular complexity index is 1020. The third-order valence-corrected chi connectivity index (χ3v) is 5.59. The molecule has 4 heteroatoms. The third-order valence-electron chi connectivity index (χ3n) is 5.59. The van der Waals surface area contributed by atoms with Crippen LogP contribution in [0.2, 0.25) is 0 Å². The molecule has 2 aliphatic heterocycles. The Morgan fingerprint density at radius 2 is 1.39 bits per heavy atom. The fraction of sp³-hybridized carbons (Fsp3) is 0.208. The maximum atomic E-state index is 5.52. The number of methoxy groups -OCH3 is 2. The average Bonchev–Trinajstić information content (AvgIpc) is 3.38. The van der Waals surface area contributed by atoms with Crippen molar-refractivity contribution in [2.75, 3.05) is 14.2 Å². The normalized spacial score (nSPS) is 25.0. The van der Waals surface area contributed by atoms with E-state index in [4.69, 9.17) is 14.5 Å². The number of hydrogen-bond donors (Lipinski definition) is 0. The van der Waals surface area contributed by atoms with Gasteiger partial charge in [-0.3, -0.25) is 9.89 Å². The van der Waals surface area contributed by atoms with Crippen molar-refractivity contribution in [1.29, 1.82) is 0 Å². The van der Waals surface area contributed by atoms with Crippen LogP contribution in [0.3, 0.4) is 0 Å². The van der Waals surface area contributed by atoms with Crippen LogP contribution in [0.5, 0.6) is 11.5 Å². The molecule has 1 saturated heterocycles. The molecule has 0 N–H and O–H groups in total. The Labute approximate surface area is 165 Å². The molecule has 140 valence electrons. The summed E-state index contributed by atoms with van der Waals surface area (Å²) in [6, 6.07) is 27.9. The van der Waals surface area contributed by atoms with Crippen LogP contribution in [-0.4, -0.2) is 30.9 Å². The summed E-state index contributed by atoms with van der Waals surface area (Å²) < 4.78 is 10.9. The van der Waals surface area contributed by atoms with Gasteiger partial charge in [0.05, 0.1) is 32.0 Å². The first-order valence-electron chi connectivity index (χ1n) is 9.49. The van der Waals surface area contributed by atoms with Crippen molar-refractivity contribution in [3.05, 3.63) is 95.6 Å². The van der Waals surface area contributed by atoms with Crippen LogP contribution in [0, 0.1) is 0 Å². The van der Waals surface area contributed by atoms with Gasteiger partial charge < -0.3 is 9.47 Å². The van der Waals surface area contributed by atoms with Crippen LogP contribution in [0.4, 0.5) is 0 Å². The summed E-state index contributed by atoms with van der Waals surface area (Å²) in [5.74, 6) is 1.47. The highest BCUT2D eigenvalue weighted by atomic mass is 16.5. The molecule has 0 bridgehead atoms. The van der Waals surface area contributed by atoms with E-state index in [0.717, 1.165) is 22.8 Å². The molecule has 2 heterocycles. The molecule has 4 nitrogen and oxygen atoms in total. The van der Waals surface area contributed by atoms with Crippen molar-refractivity contribution >= 4 is 5.71 Å². The van der Waals surface area contributed by atoms with Crippen molar-refractivity contribution < 1.29 is 9.47 Å². The molecular weight excluding hydrogens is 348 g/mol. The van der Waals surface area contributed by atoms with Gasteiger partial charge in [-0.15, -0.1) is 0 Å². The summed E-state index contributed by atoms with van der Waals surface area (Å²) in [5.41, 5.74) is 4.81. The first-order valence-corrected chi connectivity index (χ1v) is 9.49. The standard InChI is InChI=1S/C24H22N2O2/c1-27-19-14-13-18(15-20(19)28-2)24-25-21(16-9-5-3-6-10-16)23-22(26(23)24)17-11-7-4-8-12-17/h3-15,22-24H,1-2H3/t22-,23-,24+,26?/m0/s1. The van der Waals surface area contributed by atoms with Crippen LogP contribution in [-0.2, 0) is 0 Å². The van der Waals surface area contributed by atoms with Gasteiger partial charge in [-0.1, -0.05) is 66.7 Å². The largest absolute Gasteiger partial charge is 0.493 e. The highest BCUT2D eigenvalue weighted by Crippen LogP contribution is 2.56. The van der Waals surface area contributed by atoms with E-state index in [-0.39, 0.29) is 6.17 Å². The molecule has 0 aliphatic carbocycles. The predicted octanol–water partition coefficient (Wildman–Crippen LogP) is 4.63. The van der Waals surface area contributed by atoms with Crippen LogP contribution in [0.15, 0.2) is 83.9 Å². The number of benzene rings is 3. The van der Waals surface area contributed by atoms with Crippen LogP contribution in [0.1, 0.15) is 28.9 Å².